The highest BCUT2D eigenvalue weighted by Gasteiger charge is 2.50. The van der Waals surface area contributed by atoms with Gasteiger partial charge in [0.05, 0.1) is 26.0 Å². The number of carbonyl (C=O) groups excluding carboxylic acids is 1. The predicted octanol–water partition coefficient (Wildman–Crippen LogP) is 4.21. The lowest BCUT2D eigenvalue weighted by atomic mass is 9.96. The Morgan fingerprint density at radius 1 is 1.24 bits per heavy atom. The molecule has 1 amide bonds. The molecular formula is C26H29N3O4S. The van der Waals surface area contributed by atoms with Crippen molar-refractivity contribution in [3.05, 3.63) is 65.5 Å². The van der Waals surface area contributed by atoms with Crippen LogP contribution in [0.5, 0.6) is 5.75 Å². The summed E-state index contributed by atoms with van der Waals surface area (Å²) < 4.78 is 17.7. The number of amides is 1. The van der Waals surface area contributed by atoms with Gasteiger partial charge in [-0.1, -0.05) is 30.3 Å². The average molecular weight is 480 g/mol. The third-order valence-corrected chi connectivity index (χ3v) is 7.19. The SMILES string of the molecule is COc1ccc(-c2csc(NC(=O)CN3C[C@H](OCc4ccccc4)[C@]4(CCCO4)C3)n2)cc1. The van der Waals surface area contributed by atoms with Crippen LogP contribution in [0.4, 0.5) is 5.13 Å². The number of ether oxygens (including phenoxy) is 3. The highest BCUT2D eigenvalue weighted by Crippen LogP contribution is 2.37. The van der Waals surface area contributed by atoms with Crippen LogP contribution in [-0.4, -0.2) is 60.8 Å². The maximum absolute atomic E-state index is 12.8. The molecule has 2 fully saturated rings. The largest absolute Gasteiger partial charge is 0.497 e. The number of nitrogens with one attached hydrogen (secondary N) is 1. The Labute approximate surface area is 203 Å². The molecule has 1 aromatic heterocycles. The number of benzene rings is 2. The van der Waals surface area contributed by atoms with E-state index in [9.17, 15) is 4.79 Å². The molecule has 2 aliphatic rings. The number of likely N-dealkylation sites (tertiary alicyclic amines) is 1. The molecule has 0 unspecified atom stereocenters. The zero-order chi connectivity index (χ0) is 23.4. The van der Waals surface area contributed by atoms with E-state index in [0.717, 1.165) is 42.0 Å². The molecule has 2 aromatic carbocycles. The Morgan fingerprint density at radius 2 is 2.06 bits per heavy atom. The van der Waals surface area contributed by atoms with Crippen LogP contribution < -0.4 is 10.1 Å². The summed E-state index contributed by atoms with van der Waals surface area (Å²) >= 11 is 1.42. The van der Waals surface area contributed by atoms with E-state index >= 15 is 0 Å². The molecule has 2 atom stereocenters. The van der Waals surface area contributed by atoms with Gasteiger partial charge in [-0.05, 0) is 42.7 Å². The normalized spacial score (nSPS) is 22.3. The van der Waals surface area contributed by atoms with Crippen molar-refractivity contribution in [2.75, 3.05) is 38.7 Å². The van der Waals surface area contributed by atoms with Crippen molar-refractivity contribution in [1.82, 2.24) is 9.88 Å². The van der Waals surface area contributed by atoms with Crippen LogP contribution >= 0.6 is 11.3 Å². The zero-order valence-corrected chi connectivity index (χ0v) is 20.1. The maximum Gasteiger partial charge on any atom is 0.240 e. The molecule has 1 spiro atoms. The van der Waals surface area contributed by atoms with Gasteiger partial charge in [-0.2, -0.15) is 0 Å². The molecule has 178 valence electrons. The lowest BCUT2D eigenvalue weighted by Crippen LogP contribution is -2.42. The predicted molar refractivity (Wildman–Crippen MR) is 132 cm³/mol. The Balaban J connectivity index is 1.18. The van der Waals surface area contributed by atoms with Gasteiger partial charge < -0.3 is 19.5 Å². The van der Waals surface area contributed by atoms with Crippen molar-refractivity contribution >= 4 is 22.4 Å². The van der Waals surface area contributed by atoms with E-state index in [1.165, 1.54) is 11.3 Å². The van der Waals surface area contributed by atoms with Crippen LogP contribution in [0, 0.1) is 0 Å². The number of aromatic nitrogens is 1. The lowest BCUT2D eigenvalue weighted by molar-refractivity contribution is -0.117. The highest BCUT2D eigenvalue weighted by molar-refractivity contribution is 7.14. The van der Waals surface area contributed by atoms with Gasteiger partial charge in [-0.25, -0.2) is 4.98 Å². The molecule has 3 aromatic rings. The molecule has 0 bridgehead atoms. The summed E-state index contributed by atoms with van der Waals surface area (Å²) in [5.41, 5.74) is 2.63. The number of carbonyl (C=O) groups is 1. The lowest BCUT2D eigenvalue weighted by Gasteiger charge is -2.29. The minimum atomic E-state index is -0.322. The van der Waals surface area contributed by atoms with E-state index in [2.05, 4.69) is 27.3 Å². The minimum absolute atomic E-state index is 0.0513. The number of methoxy groups -OCH3 is 1. The van der Waals surface area contributed by atoms with Crippen LogP contribution in [0.15, 0.2) is 60.0 Å². The molecule has 34 heavy (non-hydrogen) atoms. The smallest absolute Gasteiger partial charge is 0.240 e. The van der Waals surface area contributed by atoms with Crippen LogP contribution in [0.2, 0.25) is 0 Å². The van der Waals surface area contributed by atoms with E-state index in [1.54, 1.807) is 7.11 Å². The fraction of sp³-hybridized carbons (Fsp3) is 0.385. The third kappa shape index (κ3) is 5.15. The molecule has 1 N–H and O–H groups in total. The van der Waals surface area contributed by atoms with E-state index in [0.29, 0.717) is 24.8 Å². The van der Waals surface area contributed by atoms with Crippen molar-refractivity contribution in [3.8, 4) is 17.0 Å². The molecule has 0 saturated carbocycles. The molecule has 2 saturated heterocycles. The molecule has 5 rings (SSSR count). The number of thiazole rings is 1. The summed E-state index contributed by atoms with van der Waals surface area (Å²) in [5, 5.41) is 5.50. The van der Waals surface area contributed by atoms with Crippen molar-refractivity contribution in [2.45, 2.75) is 31.2 Å². The summed E-state index contributed by atoms with van der Waals surface area (Å²) in [7, 11) is 1.64. The zero-order valence-electron chi connectivity index (χ0n) is 19.2. The molecule has 2 aliphatic heterocycles. The van der Waals surface area contributed by atoms with Crippen LogP contribution in [0.3, 0.4) is 0 Å². The summed E-state index contributed by atoms with van der Waals surface area (Å²) in [5.74, 6) is 0.723. The van der Waals surface area contributed by atoms with Gasteiger partial charge in [0.2, 0.25) is 5.91 Å². The Kier molecular flexibility index (Phi) is 6.92. The molecule has 8 heteroatoms. The number of rotatable bonds is 8. The first-order valence-electron chi connectivity index (χ1n) is 11.6. The van der Waals surface area contributed by atoms with E-state index in [1.807, 2.05) is 47.8 Å². The Hall–Kier alpha value is -2.78. The maximum atomic E-state index is 12.8. The highest BCUT2D eigenvalue weighted by atomic mass is 32.1. The first-order chi connectivity index (χ1) is 16.6. The standard InChI is InChI=1S/C26H29N3O4S/c1-31-21-10-8-20(9-11-21)22-17-34-25(27-22)28-24(30)15-29-14-23(26(18-29)12-5-13-33-26)32-16-19-6-3-2-4-7-19/h2-4,6-11,17,23H,5,12-16,18H2,1H3,(H,27,28,30)/t23-,26-/m0/s1. The molecule has 3 heterocycles. The summed E-state index contributed by atoms with van der Waals surface area (Å²) in [4.78, 5) is 19.5. The van der Waals surface area contributed by atoms with Crippen molar-refractivity contribution in [3.63, 3.8) is 0 Å². The number of hydrogen-bond donors (Lipinski definition) is 1. The number of hydrogen-bond acceptors (Lipinski definition) is 7. The first-order valence-corrected chi connectivity index (χ1v) is 12.4. The van der Waals surface area contributed by atoms with Crippen LogP contribution in [0.1, 0.15) is 18.4 Å². The third-order valence-electron chi connectivity index (χ3n) is 6.43. The molecule has 7 nitrogen and oxygen atoms in total. The van der Waals surface area contributed by atoms with Gasteiger partial charge >= 0.3 is 0 Å². The van der Waals surface area contributed by atoms with Crippen LogP contribution in [0.25, 0.3) is 11.3 Å². The van der Waals surface area contributed by atoms with Crippen LogP contribution in [-0.2, 0) is 20.9 Å². The monoisotopic (exact) mass is 479 g/mol. The Bertz CT molecular complexity index is 1100. The van der Waals surface area contributed by atoms with Gasteiger partial charge in [-0.15, -0.1) is 11.3 Å². The molecular weight excluding hydrogens is 450 g/mol. The Morgan fingerprint density at radius 3 is 2.79 bits per heavy atom. The summed E-state index contributed by atoms with van der Waals surface area (Å²) in [6.07, 6.45) is 1.94. The number of nitrogens with zero attached hydrogens (tertiary/aromatic N) is 2. The molecule has 0 aliphatic carbocycles. The van der Waals surface area contributed by atoms with Crippen molar-refractivity contribution < 1.29 is 19.0 Å². The fourth-order valence-electron chi connectivity index (χ4n) is 4.73. The van der Waals surface area contributed by atoms with Crippen molar-refractivity contribution in [1.29, 1.82) is 0 Å². The molecule has 0 radical (unpaired) electrons. The van der Waals surface area contributed by atoms with E-state index in [-0.39, 0.29) is 24.2 Å². The fourth-order valence-corrected chi connectivity index (χ4v) is 5.46. The topological polar surface area (TPSA) is 72.9 Å². The quantitative estimate of drug-likeness (QED) is 0.522. The summed E-state index contributed by atoms with van der Waals surface area (Å²) in [6.45, 7) is 2.96. The second-order valence-electron chi connectivity index (χ2n) is 8.79. The van der Waals surface area contributed by atoms with E-state index in [4.69, 9.17) is 14.2 Å². The second kappa shape index (κ2) is 10.2. The average Bonchev–Trinajstić information content (AvgIpc) is 3.60. The minimum Gasteiger partial charge on any atom is -0.497 e. The number of anilines is 1. The van der Waals surface area contributed by atoms with Crippen molar-refractivity contribution in [2.24, 2.45) is 0 Å². The van der Waals surface area contributed by atoms with Gasteiger partial charge in [0.25, 0.3) is 0 Å². The van der Waals surface area contributed by atoms with Gasteiger partial charge in [-0.3, -0.25) is 9.69 Å². The van der Waals surface area contributed by atoms with Gasteiger partial charge in [0.1, 0.15) is 17.5 Å². The summed E-state index contributed by atoms with van der Waals surface area (Å²) in [6, 6.07) is 17.9. The van der Waals surface area contributed by atoms with Gasteiger partial charge in [0, 0.05) is 30.6 Å². The first kappa shape index (κ1) is 23.0. The van der Waals surface area contributed by atoms with Gasteiger partial charge in [0.15, 0.2) is 5.13 Å². The van der Waals surface area contributed by atoms with E-state index < -0.39 is 0 Å². The second-order valence-corrected chi connectivity index (χ2v) is 9.64.